The third-order valence-corrected chi connectivity index (χ3v) is 2.58. The maximum atomic E-state index is 13.2. The average Bonchev–Trinajstić information content (AvgIpc) is 2.42. The van der Waals surface area contributed by atoms with E-state index in [0.717, 1.165) is 5.56 Å². The number of benzene rings is 1. The maximum Gasteiger partial charge on any atom is 0.224 e. The van der Waals surface area contributed by atoms with Crippen LogP contribution in [0.2, 0.25) is 0 Å². The summed E-state index contributed by atoms with van der Waals surface area (Å²) in [6.07, 6.45) is 0.647. The summed E-state index contributed by atoms with van der Waals surface area (Å²) in [5.41, 5.74) is 3.27. The molecule has 0 spiro atoms. The van der Waals surface area contributed by atoms with E-state index in [1.165, 1.54) is 12.1 Å². The van der Waals surface area contributed by atoms with Crippen molar-refractivity contribution < 1.29 is 9.13 Å². The monoisotopic (exact) mass is 262 g/mol. The second-order valence-electron chi connectivity index (χ2n) is 4.02. The summed E-state index contributed by atoms with van der Waals surface area (Å²) in [7, 11) is 0. The number of nitrogen functional groups attached to an aromatic ring is 1. The number of hydrogen-bond donors (Lipinski definition) is 2. The van der Waals surface area contributed by atoms with E-state index in [9.17, 15) is 4.39 Å². The molecule has 0 atom stereocenters. The van der Waals surface area contributed by atoms with Crippen LogP contribution in [-0.2, 0) is 6.42 Å². The second-order valence-corrected chi connectivity index (χ2v) is 4.02. The molecule has 1 aromatic carbocycles. The van der Waals surface area contributed by atoms with Crippen molar-refractivity contribution in [3.8, 4) is 11.6 Å². The van der Waals surface area contributed by atoms with E-state index < -0.39 is 0 Å². The molecular formula is C13H15FN4O. The normalized spacial score (nSPS) is 10.3. The molecule has 3 N–H and O–H groups in total. The summed E-state index contributed by atoms with van der Waals surface area (Å²) in [6.45, 7) is 3.76. The third kappa shape index (κ3) is 3.17. The first-order valence-electron chi connectivity index (χ1n) is 5.91. The van der Waals surface area contributed by atoms with Crippen molar-refractivity contribution >= 4 is 5.82 Å². The van der Waals surface area contributed by atoms with Crippen LogP contribution in [0.3, 0.4) is 0 Å². The van der Waals surface area contributed by atoms with E-state index in [0.29, 0.717) is 29.7 Å². The number of nitrogens with zero attached hydrogens (tertiary/aromatic N) is 2. The molecule has 100 valence electrons. The Hall–Kier alpha value is -2.21. The zero-order chi connectivity index (χ0) is 13.8. The van der Waals surface area contributed by atoms with E-state index in [-0.39, 0.29) is 5.82 Å². The quantitative estimate of drug-likeness (QED) is 0.654. The number of ether oxygens (including phenoxy) is 1. The molecule has 0 aliphatic rings. The highest BCUT2D eigenvalue weighted by atomic mass is 19.1. The Morgan fingerprint density at radius 2 is 2.11 bits per heavy atom. The topological polar surface area (TPSA) is 73.1 Å². The van der Waals surface area contributed by atoms with Gasteiger partial charge < -0.3 is 10.2 Å². The number of halogens is 1. The Kier molecular flexibility index (Phi) is 3.91. The van der Waals surface area contributed by atoms with Gasteiger partial charge in [0.05, 0.1) is 0 Å². The SMILES string of the molecule is CCc1nc(NN)cc(Oc2cc(F)ccc2C)n1. The lowest BCUT2D eigenvalue weighted by Gasteiger charge is -2.10. The van der Waals surface area contributed by atoms with Gasteiger partial charge in [-0.25, -0.2) is 15.2 Å². The van der Waals surface area contributed by atoms with Crippen LogP contribution >= 0.6 is 0 Å². The van der Waals surface area contributed by atoms with Gasteiger partial charge in [-0.05, 0) is 18.6 Å². The number of nitrogens with one attached hydrogen (secondary N) is 1. The third-order valence-electron chi connectivity index (χ3n) is 2.58. The molecule has 0 radical (unpaired) electrons. The fraction of sp³-hybridized carbons (Fsp3) is 0.231. The first kappa shape index (κ1) is 13.2. The van der Waals surface area contributed by atoms with Gasteiger partial charge >= 0.3 is 0 Å². The molecule has 6 heteroatoms. The lowest BCUT2D eigenvalue weighted by atomic mass is 10.2. The van der Waals surface area contributed by atoms with Crippen molar-refractivity contribution in [3.63, 3.8) is 0 Å². The van der Waals surface area contributed by atoms with Gasteiger partial charge in [0.2, 0.25) is 5.88 Å². The standard InChI is InChI=1S/C13H15FN4O/c1-3-11-16-12(18-15)7-13(17-11)19-10-6-9(14)5-4-8(10)2/h4-7H,3,15H2,1-2H3,(H,16,17,18). The minimum atomic E-state index is -0.359. The average molecular weight is 262 g/mol. The molecule has 0 unspecified atom stereocenters. The van der Waals surface area contributed by atoms with Gasteiger partial charge in [0.15, 0.2) is 0 Å². The highest BCUT2D eigenvalue weighted by Crippen LogP contribution is 2.25. The maximum absolute atomic E-state index is 13.2. The van der Waals surface area contributed by atoms with Crippen LogP contribution in [-0.4, -0.2) is 9.97 Å². The minimum Gasteiger partial charge on any atom is -0.438 e. The highest BCUT2D eigenvalue weighted by Gasteiger charge is 2.07. The summed E-state index contributed by atoms with van der Waals surface area (Å²) in [5, 5.41) is 0. The molecule has 1 aromatic heterocycles. The molecule has 0 bridgehead atoms. The van der Waals surface area contributed by atoms with Crippen molar-refractivity contribution in [2.24, 2.45) is 5.84 Å². The van der Waals surface area contributed by atoms with Crippen LogP contribution in [0.15, 0.2) is 24.3 Å². The van der Waals surface area contributed by atoms with Crippen molar-refractivity contribution in [1.82, 2.24) is 9.97 Å². The van der Waals surface area contributed by atoms with Crippen LogP contribution in [0.1, 0.15) is 18.3 Å². The number of anilines is 1. The zero-order valence-corrected chi connectivity index (χ0v) is 10.8. The first-order chi connectivity index (χ1) is 9.12. The summed E-state index contributed by atoms with van der Waals surface area (Å²) < 4.78 is 18.8. The molecule has 0 amide bonds. The Morgan fingerprint density at radius 3 is 2.79 bits per heavy atom. The van der Waals surface area contributed by atoms with Gasteiger partial charge in [0.1, 0.15) is 23.2 Å². The Morgan fingerprint density at radius 1 is 1.32 bits per heavy atom. The molecule has 0 saturated carbocycles. The van der Waals surface area contributed by atoms with Gasteiger partial charge in [-0.2, -0.15) is 4.98 Å². The number of nitrogens with two attached hydrogens (primary N) is 1. The van der Waals surface area contributed by atoms with E-state index in [2.05, 4.69) is 15.4 Å². The van der Waals surface area contributed by atoms with Gasteiger partial charge in [-0.3, -0.25) is 0 Å². The Bertz CT molecular complexity index is 567. The van der Waals surface area contributed by atoms with E-state index >= 15 is 0 Å². The summed E-state index contributed by atoms with van der Waals surface area (Å²) in [4.78, 5) is 8.37. The highest BCUT2D eigenvalue weighted by molar-refractivity contribution is 5.41. The summed E-state index contributed by atoms with van der Waals surface area (Å²) in [5.74, 6) is 6.77. The number of aromatic nitrogens is 2. The zero-order valence-electron chi connectivity index (χ0n) is 10.8. The van der Waals surface area contributed by atoms with Crippen molar-refractivity contribution in [1.29, 1.82) is 0 Å². The lowest BCUT2D eigenvalue weighted by molar-refractivity contribution is 0.451. The van der Waals surface area contributed by atoms with Gasteiger partial charge in [-0.15, -0.1) is 0 Å². The fourth-order valence-corrected chi connectivity index (χ4v) is 1.55. The van der Waals surface area contributed by atoms with Gasteiger partial charge in [0, 0.05) is 18.6 Å². The molecule has 0 aliphatic heterocycles. The molecule has 2 aromatic rings. The predicted molar refractivity (Wildman–Crippen MR) is 70.4 cm³/mol. The smallest absolute Gasteiger partial charge is 0.224 e. The number of hydrazine groups is 1. The predicted octanol–water partition coefficient (Wildman–Crippen LogP) is 2.56. The van der Waals surface area contributed by atoms with E-state index in [1.54, 1.807) is 12.1 Å². The summed E-state index contributed by atoms with van der Waals surface area (Å²) in [6, 6.07) is 5.91. The van der Waals surface area contributed by atoms with Gasteiger partial charge in [-0.1, -0.05) is 13.0 Å². The number of aryl methyl sites for hydroxylation is 2. The van der Waals surface area contributed by atoms with E-state index in [1.807, 2.05) is 13.8 Å². The lowest BCUT2D eigenvalue weighted by Crippen LogP contribution is -2.10. The molecule has 2 rings (SSSR count). The van der Waals surface area contributed by atoms with Crippen molar-refractivity contribution in [2.75, 3.05) is 5.43 Å². The van der Waals surface area contributed by atoms with Crippen LogP contribution in [0.5, 0.6) is 11.6 Å². The first-order valence-corrected chi connectivity index (χ1v) is 5.91. The molecule has 0 saturated heterocycles. The number of rotatable bonds is 4. The Labute approximate surface area is 110 Å². The molecule has 0 fully saturated rings. The van der Waals surface area contributed by atoms with Crippen molar-refractivity contribution in [2.45, 2.75) is 20.3 Å². The minimum absolute atomic E-state index is 0.327. The van der Waals surface area contributed by atoms with Crippen molar-refractivity contribution in [3.05, 3.63) is 41.5 Å². The fourth-order valence-electron chi connectivity index (χ4n) is 1.55. The van der Waals surface area contributed by atoms with E-state index in [4.69, 9.17) is 10.6 Å². The largest absolute Gasteiger partial charge is 0.438 e. The van der Waals surface area contributed by atoms with Crippen LogP contribution < -0.4 is 16.0 Å². The molecule has 0 aliphatic carbocycles. The van der Waals surface area contributed by atoms with Crippen LogP contribution in [0.25, 0.3) is 0 Å². The molecule has 5 nitrogen and oxygen atoms in total. The molecule has 1 heterocycles. The van der Waals surface area contributed by atoms with Gasteiger partial charge in [0.25, 0.3) is 0 Å². The van der Waals surface area contributed by atoms with Crippen LogP contribution in [0.4, 0.5) is 10.2 Å². The molecule has 19 heavy (non-hydrogen) atoms. The van der Waals surface area contributed by atoms with Crippen LogP contribution in [0, 0.1) is 12.7 Å². The summed E-state index contributed by atoms with van der Waals surface area (Å²) >= 11 is 0. The second kappa shape index (κ2) is 5.62. The number of hydrogen-bond acceptors (Lipinski definition) is 5. The Balaban J connectivity index is 2.34. The molecular weight excluding hydrogens is 247 g/mol.